The molecule has 0 aromatic heterocycles. The highest BCUT2D eigenvalue weighted by atomic mass is 32.1. The molecule has 0 aliphatic heterocycles. The van der Waals surface area contributed by atoms with Crippen LogP contribution in [0.2, 0.25) is 0 Å². The number of amides is 1. The summed E-state index contributed by atoms with van der Waals surface area (Å²) >= 11 is 3.99. The van der Waals surface area contributed by atoms with Crippen molar-refractivity contribution in [1.29, 1.82) is 0 Å². The molecule has 0 N–H and O–H groups in total. The molecular formula is C13H19NO2S. The third-order valence-electron chi connectivity index (χ3n) is 2.74. The topological polar surface area (TPSA) is 29.5 Å². The van der Waals surface area contributed by atoms with Crippen LogP contribution in [0.5, 0.6) is 5.75 Å². The van der Waals surface area contributed by atoms with E-state index in [-0.39, 0.29) is 11.7 Å². The van der Waals surface area contributed by atoms with E-state index in [1.807, 2.05) is 18.2 Å². The molecule has 0 aliphatic rings. The predicted molar refractivity (Wildman–Crippen MR) is 74.3 cm³/mol. The van der Waals surface area contributed by atoms with Crippen LogP contribution in [0.25, 0.3) is 0 Å². The van der Waals surface area contributed by atoms with E-state index < -0.39 is 0 Å². The second-order valence-corrected chi connectivity index (χ2v) is 4.51. The normalized spacial score (nSPS) is 10.5. The fourth-order valence-corrected chi connectivity index (χ4v) is 1.78. The minimum absolute atomic E-state index is 0.0519. The number of anilines is 1. The number of ether oxygens (including phenoxy) is 1. The van der Waals surface area contributed by atoms with Gasteiger partial charge in [-0.3, -0.25) is 4.79 Å². The number of methoxy groups -OCH3 is 1. The van der Waals surface area contributed by atoms with Gasteiger partial charge in [-0.1, -0.05) is 19.9 Å². The predicted octanol–water partition coefficient (Wildman–Crippen LogP) is 2.71. The SMILES string of the molecule is COc1cc(C(C)C)ccc1N(C)C(=O)CS. The lowest BCUT2D eigenvalue weighted by Crippen LogP contribution is -2.27. The molecule has 0 heterocycles. The highest BCUT2D eigenvalue weighted by Gasteiger charge is 2.14. The molecule has 94 valence electrons. The van der Waals surface area contributed by atoms with Gasteiger partial charge in [-0.05, 0) is 23.6 Å². The lowest BCUT2D eigenvalue weighted by atomic mass is 10.0. The first-order valence-electron chi connectivity index (χ1n) is 5.56. The molecular weight excluding hydrogens is 234 g/mol. The maximum atomic E-state index is 11.6. The van der Waals surface area contributed by atoms with Gasteiger partial charge in [0.1, 0.15) is 5.75 Å². The van der Waals surface area contributed by atoms with Gasteiger partial charge in [0.25, 0.3) is 0 Å². The maximum Gasteiger partial charge on any atom is 0.236 e. The van der Waals surface area contributed by atoms with Gasteiger partial charge in [0.15, 0.2) is 0 Å². The van der Waals surface area contributed by atoms with Crippen molar-refractivity contribution >= 4 is 24.2 Å². The third kappa shape index (κ3) is 3.16. The van der Waals surface area contributed by atoms with Crippen molar-refractivity contribution < 1.29 is 9.53 Å². The van der Waals surface area contributed by atoms with E-state index in [9.17, 15) is 4.79 Å². The summed E-state index contributed by atoms with van der Waals surface area (Å²) in [6.45, 7) is 4.24. The number of rotatable bonds is 4. The van der Waals surface area contributed by atoms with Gasteiger partial charge in [-0.25, -0.2) is 0 Å². The molecule has 0 bridgehead atoms. The Balaban J connectivity index is 3.12. The van der Waals surface area contributed by atoms with Crippen molar-refractivity contribution in [2.45, 2.75) is 19.8 Å². The van der Waals surface area contributed by atoms with E-state index >= 15 is 0 Å². The molecule has 0 saturated heterocycles. The standard InChI is InChI=1S/C13H19NO2S/c1-9(2)10-5-6-11(12(7-10)16-4)14(3)13(15)8-17/h5-7,9,17H,8H2,1-4H3. The highest BCUT2D eigenvalue weighted by molar-refractivity contribution is 7.81. The zero-order valence-corrected chi connectivity index (χ0v) is 11.6. The number of carbonyl (C=O) groups is 1. The number of carbonyl (C=O) groups excluding carboxylic acids is 1. The molecule has 0 unspecified atom stereocenters. The fraction of sp³-hybridized carbons (Fsp3) is 0.462. The lowest BCUT2D eigenvalue weighted by molar-refractivity contribution is -0.115. The second kappa shape index (κ2) is 5.96. The molecule has 1 rings (SSSR count). The van der Waals surface area contributed by atoms with Crippen LogP contribution in [0.3, 0.4) is 0 Å². The summed E-state index contributed by atoms with van der Waals surface area (Å²) in [6, 6.07) is 5.91. The molecule has 1 amide bonds. The molecule has 0 fully saturated rings. The van der Waals surface area contributed by atoms with Crippen molar-refractivity contribution in [1.82, 2.24) is 0 Å². The first-order valence-corrected chi connectivity index (χ1v) is 6.19. The number of hydrogen-bond acceptors (Lipinski definition) is 3. The minimum atomic E-state index is -0.0519. The summed E-state index contributed by atoms with van der Waals surface area (Å²) in [5, 5.41) is 0. The summed E-state index contributed by atoms with van der Waals surface area (Å²) in [5.41, 5.74) is 1.97. The van der Waals surface area contributed by atoms with E-state index in [4.69, 9.17) is 4.74 Å². The zero-order valence-electron chi connectivity index (χ0n) is 10.7. The third-order valence-corrected chi connectivity index (χ3v) is 3.01. The maximum absolute atomic E-state index is 11.6. The van der Waals surface area contributed by atoms with Crippen LogP contribution in [-0.2, 0) is 4.79 Å². The molecule has 0 radical (unpaired) electrons. The molecule has 4 heteroatoms. The molecule has 3 nitrogen and oxygen atoms in total. The Labute approximate surface area is 108 Å². The van der Waals surface area contributed by atoms with Crippen LogP contribution in [0.4, 0.5) is 5.69 Å². The van der Waals surface area contributed by atoms with Crippen molar-refractivity contribution in [3.63, 3.8) is 0 Å². The Bertz CT molecular complexity index is 404. The van der Waals surface area contributed by atoms with Crippen LogP contribution in [0.1, 0.15) is 25.3 Å². The first-order chi connectivity index (χ1) is 8.01. The zero-order chi connectivity index (χ0) is 13.0. The monoisotopic (exact) mass is 253 g/mol. The Kier molecular flexibility index (Phi) is 4.87. The quantitative estimate of drug-likeness (QED) is 0.836. The fourth-order valence-electron chi connectivity index (χ4n) is 1.57. The number of thiol groups is 1. The van der Waals surface area contributed by atoms with Crippen molar-refractivity contribution in [3.05, 3.63) is 23.8 Å². The van der Waals surface area contributed by atoms with Gasteiger partial charge < -0.3 is 9.64 Å². The summed E-state index contributed by atoms with van der Waals surface area (Å²) in [5.74, 6) is 1.28. The number of benzene rings is 1. The second-order valence-electron chi connectivity index (χ2n) is 4.20. The van der Waals surface area contributed by atoms with Crippen LogP contribution in [-0.4, -0.2) is 25.8 Å². The Morgan fingerprint density at radius 2 is 2.12 bits per heavy atom. The van der Waals surface area contributed by atoms with Crippen molar-refractivity contribution in [2.24, 2.45) is 0 Å². The van der Waals surface area contributed by atoms with E-state index in [1.54, 1.807) is 19.1 Å². The summed E-state index contributed by atoms with van der Waals surface area (Å²) in [6.07, 6.45) is 0. The Hall–Kier alpha value is -1.16. The van der Waals surface area contributed by atoms with Gasteiger partial charge in [0, 0.05) is 7.05 Å². The Morgan fingerprint density at radius 1 is 1.47 bits per heavy atom. The van der Waals surface area contributed by atoms with E-state index in [2.05, 4.69) is 26.5 Å². The first kappa shape index (κ1) is 13.9. The number of hydrogen-bond donors (Lipinski definition) is 1. The van der Waals surface area contributed by atoms with Crippen molar-refractivity contribution in [3.8, 4) is 5.75 Å². The van der Waals surface area contributed by atoms with Crippen LogP contribution < -0.4 is 9.64 Å². The highest BCUT2D eigenvalue weighted by Crippen LogP contribution is 2.31. The van der Waals surface area contributed by atoms with Crippen LogP contribution in [0, 0.1) is 0 Å². The van der Waals surface area contributed by atoms with E-state index in [0.29, 0.717) is 11.7 Å². The molecule has 0 spiro atoms. The van der Waals surface area contributed by atoms with Gasteiger partial charge >= 0.3 is 0 Å². The molecule has 0 atom stereocenters. The lowest BCUT2D eigenvalue weighted by Gasteiger charge is -2.20. The van der Waals surface area contributed by atoms with Crippen LogP contribution >= 0.6 is 12.6 Å². The van der Waals surface area contributed by atoms with E-state index in [0.717, 1.165) is 5.69 Å². The van der Waals surface area contributed by atoms with Gasteiger partial charge in [0.2, 0.25) is 5.91 Å². The summed E-state index contributed by atoms with van der Waals surface area (Å²) < 4.78 is 5.33. The van der Waals surface area contributed by atoms with E-state index in [1.165, 1.54) is 5.56 Å². The van der Waals surface area contributed by atoms with Crippen LogP contribution in [0.15, 0.2) is 18.2 Å². The average molecular weight is 253 g/mol. The average Bonchev–Trinajstić information content (AvgIpc) is 2.35. The van der Waals surface area contributed by atoms with Gasteiger partial charge in [-0.2, -0.15) is 12.6 Å². The molecule has 0 aliphatic carbocycles. The van der Waals surface area contributed by atoms with Gasteiger partial charge in [-0.15, -0.1) is 0 Å². The molecule has 17 heavy (non-hydrogen) atoms. The molecule has 1 aromatic carbocycles. The Morgan fingerprint density at radius 3 is 2.59 bits per heavy atom. The summed E-state index contributed by atoms with van der Waals surface area (Å²) in [4.78, 5) is 13.2. The molecule has 1 aromatic rings. The minimum Gasteiger partial charge on any atom is -0.495 e. The smallest absolute Gasteiger partial charge is 0.236 e. The molecule has 0 saturated carbocycles. The summed E-state index contributed by atoms with van der Waals surface area (Å²) in [7, 11) is 3.34. The largest absolute Gasteiger partial charge is 0.495 e. The van der Waals surface area contributed by atoms with Crippen molar-refractivity contribution in [2.75, 3.05) is 24.8 Å². The van der Waals surface area contributed by atoms with Gasteiger partial charge in [0.05, 0.1) is 18.6 Å². The number of nitrogens with zero attached hydrogens (tertiary/aromatic N) is 1.